The summed E-state index contributed by atoms with van der Waals surface area (Å²) in [6.45, 7) is 0.663. The Hall–Kier alpha value is -2.53. The van der Waals surface area contributed by atoms with Gasteiger partial charge in [-0.15, -0.1) is 11.3 Å². The minimum absolute atomic E-state index is 0.0247. The van der Waals surface area contributed by atoms with Gasteiger partial charge in [0.05, 0.1) is 12.1 Å². The molecule has 1 heterocycles. The first kappa shape index (κ1) is 16.9. The molecule has 0 radical (unpaired) electrons. The molecule has 1 amide bonds. The maximum absolute atomic E-state index is 13.3. The lowest BCUT2D eigenvalue weighted by Crippen LogP contribution is -2.33. The number of carbonyl (C=O) groups is 1. The Morgan fingerprint density at radius 3 is 2.69 bits per heavy atom. The van der Waals surface area contributed by atoms with E-state index in [-0.39, 0.29) is 23.6 Å². The Bertz CT molecular complexity index is 919. The number of nitrogens with zero attached hydrogens (tertiary/aromatic N) is 1. The summed E-state index contributed by atoms with van der Waals surface area (Å²) >= 11 is 1.43. The van der Waals surface area contributed by atoms with Crippen molar-refractivity contribution in [1.29, 1.82) is 0 Å². The normalized spacial score (nSPS) is 14.8. The zero-order valence-electron chi connectivity index (χ0n) is 14.2. The second kappa shape index (κ2) is 7.00. The number of thiazole rings is 1. The Morgan fingerprint density at radius 2 is 1.96 bits per heavy atom. The molecule has 1 saturated carbocycles. The monoisotopic (exact) mass is 366 g/mol. The summed E-state index contributed by atoms with van der Waals surface area (Å²) in [5, 5.41) is 5.65. The molecule has 2 aromatic carbocycles. The van der Waals surface area contributed by atoms with Gasteiger partial charge in [-0.1, -0.05) is 42.5 Å². The van der Waals surface area contributed by atoms with Crippen molar-refractivity contribution in [3.05, 3.63) is 77.1 Å². The minimum Gasteiger partial charge on any atom is -0.355 e. The van der Waals surface area contributed by atoms with Crippen molar-refractivity contribution >= 4 is 17.2 Å². The van der Waals surface area contributed by atoms with Gasteiger partial charge in [-0.2, -0.15) is 0 Å². The number of hydrogen-bond acceptors (Lipinski definition) is 3. The van der Waals surface area contributed by atoms with Crippen molar-refractivity contribution in [2.24, 2.45) is 0 Å². The summed E-state index contributed by atoms with van der Waals surface area (Å²) in [6.07, 6.45) is 2.46. The summed E-state index contributed by atoms with van der Waals surface area (Å²) in [7, 11) is 0. The summed E-state index contributed by atoms with van der Waals surface area (Å²) in [5.74, 6) is -0.309. The minimum atomic E-state index is -0.285. The van der Waals surface area contributed by atoms with Gasteiger partial charge in [0.25, 0.3) is 0 Å². The smallest absolute Gasteiger partial charge is 0.226 e. The van der Waals surface area contributed by atoms with Crippen LogP contribution in [0.5, 0.6) is 0 Å². The van der Waals surface area contributed by atoms with Gasteiger partial charge in [0.2, 0.25) is 5.91 Å². The van der Waals surface area contributed by atoms with E-state index in [4.69, 9.17) is 0 Å². The highest BCUT2D eigenvalue weighted by Gasteiger charge is 2.44. The van der Waals surface area contributed by atoms with Crippen molar-refractivity contribution in [3.8, 4) is 10.6 Å². The predicted molar refractivity (Wildman–Crippen MR) is 102 cm³/mol. The zero-order chi connectivity index (χ0) is 18.0. The van der Waals surface area contributed by atoms with E-state index in [1.807, 2.05) is 29.6 Å². The van der Waals surface area contributed by atoms with Gasteiger partial charge in [0.1, 0.15) is 10.8 Å². The van der Waals surface area contributed by atoms with Crippen molar-refractivity contribution in [1.82, 2.24) is 10.3 Å². The third kappa shape index (κ3) is 3.68. The average molecular weight is 366 g/mol. The van der Waals surface area contributed by atoms with E-state index >= 15 is 0 Å². The first-order valence-electron chi connectivity index (χ1n) is 8.67. The van der Waals surface area contributed by atoms with Gasteiger partial charge >= 0.3 is 0 Å². The Balaban J connectivity index is 1.36. The van der Waals surface area contributed by atoms with Crippen LogP contribution in [0.15, 0.2) is 60.0 Å². The highest BCUT2D eigenvalue weighted by atomic mass is 32.1. The second-order valence-electron chi connectivity index (χ2n) is 6.75. The van der Waals surface area contributed by atoms with Crippen LogP contribution in [0.2, 0.25) is 0 Å². The highest BCUT2D eigenvalue weighted by Crippen LogP contribution is 2.47. The van der Waals surface area contributed by atoms with Crippen LogP contribution in [0.4, 0.5) is 4.39 Å². The zero-order valence-corrected chi connectivity index (χ0v) is 15.1. The molecule has 1 N–H and O–H groups in total. The first-order valence-corrected chi connectivity index (χ1v) is 9.55. The molecule has 0 spiro atoms. The van der Waals surface area contributed by atoms with Gasteiger partial charge in [-0.25, -0.2) is 9.37 Å². The fourth-order valence-electron chi connectivity index (χ4n) is 3.15. The molecule has 0 saturated heterocycles. The van der Waals surface area contributed by atoms with Crippen LogP contribution in [0.25, 0.3) is 10.6 Å². The molecule has 0 atom stereocenters. The van der Waals surface area contributed by atoms with Crippen LogP contribution < -0.4 is 5.32 Å². The quantitative estimate of drug-likeness (QED) is 0.705. The summed E-state index contributed by atoms with van der Waals surface area (Å²) in [4.78, 5) is 16.8. The number of nitrogens with one attached hydrogen (secondary N) is 1. The highest BCUT2D eigenvalue weighted by molar-refractivity contribution is 7.13. The molecule has 1 fully saturated rings. The lowest BCUT2D eigenvalue weighted by Gasteiger charge is -2.16. The molecule has 5 heteroatoms. The van der Waals surface area contributed by atoms with Crippen LogP contribution in [0.1, 0.15) is 24.1 Å². The van der Waals surface area contributed by atoms with E-state index in [0.717, 1.165) is 29.1 Å². The van der Waals surface area contributed by atoms with Crippen molar-refractivity contribution in [3.63, 3.8) is 0 Å². The number of benzene rings is 2. The Labute approximate surface area is 155 Å². The van der Waals surface area contributed by atoms with E-state index in [9.17, 15) is 9.18 Å². The average Bonchev–Trinajstić information content (AvgIpc) is 3.32. The Kier molecular flexibility index (Phi) is 4.55. The Morgan fingerprint density at radius 1 is 1.15 bits per heavy atom. The van der Waals surface area contributed by atoms with Crippen LogP contribution >= 0.6 is 11.3 Å². The largest absolute Gasteiger partial charge is 0.355 e. The van der Waals surface area contributed by atoms with E-state index in [0.29, 0.717) is 6.54 Å². The molecular weight excluding hydrogens is 347 g/mol. The molecule has 3 aromatic rings. The maximum atomic E-state index is 13.3. The van der Waals surface area contributed by atoms with E-state index in [2.05, 4.69) is 22.4 Å². The van der Waals surface area contributed by atoms with Crippen molar-refractivity contribution < 1.29 is 9.18 Å². The maximum Gasteiger partial charge on any atom is 0.226 e. The molecule has 132 valence electrons. The third-order valence-electron chi connectivity index (χ3n) is 4.83. The van der Waals surface area contributed by atoms with E-state index in [1.54, 1.807) is 6.07 Å². The molecule has 4 rings (SSSR count). The van der Waals surface area contributed by atoms with Crippen molar-refractivity contribution in [2.45, 2.75) is 24.7 Å². The summed E-state index contributed by atoms with van der Waals surface area (Å²) in [6, 6.07) is 16.7. The molecule has 1 aliphatic carbocycles. The number of rotatable bonds is 6. The molecule has 0 aliphatic heterocycles. The number of carbonyl (C=O) groups excluding carboxylic acids is 1. The number of amides is 1. The van der Waals surface area contributed by atoms with Gasteiger partial charge in [-0.05, 0) is 30.5 Å². The third-order valence-corrected chi connectivity index (χ3v) is 5.77. The molecule has 3 nitrogen and oxygen atoms in total. The standard InChI is InChI=1S/C21H19FN2OS/c22-17-8-4-5-15(11-17)20-24-18(13-26-20)12-19(25)23-14-21(9-10-21)16-6-2-1-3-7-16/h1-8,11,13H,9-10,12,14H2,(H,23,25). The second-order valence-corrected chi connectivity index (χ2v) is 7.61. The lowest BCUT2D eigenvalue weighted by atomic mass is 9.96. The van der Waals surface area contributed by atoms with Crippen LogP contribution in [0.3, 0.4) is 0 Å². The van der Waals surface area contributed by atoms with E-state index < -0.39 is 0 Å². The summed E-state index contributed by atoms with van der Waals surface area (Å²) < 4.78 is 13.3. The molecule has 1 aromatic heterocycles. The number of hydrogen-bond donors (Lipinski definition) is 1. The molecule has 0 bridgehead atoms. The molecule has 26 heavy (non-hydrogen) atoms. The molecule has 0 unspecified atom stereocenters. The predicted octanol–water partition coefficient (Wildman–Crippen LogP) is 4.34. The van der Waals surface area contributed by atoms with Gasteiger partial charge < -0.3 is 5.32 Å². The number of aromatic nitrogens is 1. The fraction of sp³-hybridized carbons (Fsp3) is 0.238. The SMILES string of the molecule is O=C(Cc1csc(-c2cccc(F)c2)n1)NCC1(c2ccccc2)CC1. The van der Waals surface area contributed by atoms with Gasteiger partial charge in [0, 0.05) is 22.9 Å². The fourth-order valence-corrected chi connectivity index (χ4v) is 3.96. The molecule has 1 aliphatic rings. The van der Waals surface area contributed by atoms with Crippen LogP contribution in [-0.4, -0.2) is 17.4 Å². The number of halogens is 1. The van der Waals surface area contributed by atoms with Gasteiger partial charge in [0.15, 0.2) is 0 Å². The molecular formula is C21H19FN2OS. The summed E-state index contributed by atoms with van der Waals surface area (Å²) in [5.41, 5.74) is 2.85. The first-order chi connectivity index (χ1) is 12.6. The van der Waals surface area contributed by atoms with Crippen molar-refractivity contribution in [2.75, 3.05) is 6.54 Å². The van der Waals surface area contributed by atoms with Crippen LogP contribution in [-0.2, 0) is 16.6 Å². The lowest BCUT2D eigenvalue weighted by molar-refractivity contribution is -0.120. The van der Waals surface area contributed by atoms with E-state index in [1.165, 1.54) is 29.0 Å². The van der Waals surface area contributed by atoms with Gasteiger partial charge in [-0.3, -0.25) is 4.79 Å². The topological polar surface area (TPSA) is 42.0 Å². The van der Waals surface area contributed by atoms with Crippen LogP contribution in [0, 0.1) is 5.82 Å².